The monoisotopic (exact) mass is 276 g/mol. The molecule has 4 N–H and O–H groups in total. The second-order valence-corrected chi connectivity index (χ2v) is 4.08. The Kier molecular flexibility index (Phi) is 3.39. The van der Waals surface area contributed by atoms with Gasteiger partial charge in [0, 0.05) is 11.6 Å². The van der Waals surface area contributed by atoms with Crippen molar-refractivity contribution in [2.75, 3.05) is 7.11 Å². The fourth-order valence-electron chi connectivity index (χ4n) is 1.72. The molecule has 0 aliphatic rings. The van der Waals surface area contributed by atoms with Gasteiger partial charge in [0.1, 0.15) is 11.5 Å². The van der Waals surface area contributed by atoms with Gasteiger partial charge in [-0.15, -0.1) is 0 Å². The minimum atomic E-state index is -0.708. The first-order chi connectivity index (χ1) is 9.43. The molecule has 0 amide bonds. The molecule has 0 aromatic heterocycles. The minimum absolute atomic E-state index is 0.0183. The van der Waals surface area contributed by atoms with E-state index >= 15 is 0 Å². The van der Waals surface area contributed by atoms with Crippen molar-refractivity contribution in [1.29, 1.82) is 0 Å². The lowest BCUT2D eigenvalue weighted by molar-refractivity contribution is 0.103. The summed E-state index contributed by atoms with van der Waals surface area (Å²) in [7, 11) is 1.42. The highest BCUT2D eigenvalue weighted by Gasteiger charge is 2.18. The fourth-order valence-corrected chi connectivity index (χ4v) is 1.72. The summed E-state index contributed by atoms with van der Waals surface area (Å²) >= 11 is 0. The molecule has 2 rings (SSSR count). The summed E-state index contributed by atoms with van der Waals surface area (Å²) in [5.74, 6) is -2.48. The number of hydrogen-bond acceptors (Lipinski definition) is 6. The summed E-state index contributed by atoms with van der Waals surface area (Å²) < 4.78 is 4.91. The van der Waals surface area contributed by atoms with Crippen molar-refractivity contribution in [3.05, 3.63) is 41.5 Å². The molecule has 0 heterocycles. The number of phenols is 4. The van der Waals surface area contributed by atoms with Gasteiger partial charge >= 0.3 is 0 Å². The molecule has 0 atom stereocenters. The first kappa shape index (κ1) is 13.5. The molecule has 104 valence electrons. The molecule has 0 saturated carbocycles. The Morgan fingerprint density at radius 1 is 0.950 bits per heavy atom. The smallest absolute Gasteiger partial charge is 0.200 e. The number of carbonyl (C=O) groups is 1. The average molecular weight is 276 g/mol. The van der Waals surface area contributed by atoms with Crippen LogP contribution >= 0.6 is 0 Å². The van der Waals surface area contributed by atoms with Crippen LogP contribution in [0.25, 0.3) is 0 Å². The Morgan fingerprint density at radius 3 is 2.05 bits per heavy atom. The third-order valence-corrected chi connectivity index (χ3v) is 2.78. The zero-order chi connectivity index (χ0) is 14.9. The van der Waals surface area contributed by atoms with Gasteiger partial charge in [0.2, 0.25) is 0 Å². The number of rotatable bonds is 3. The van der Waals surface area contributed by atoms with Crippen LogP contribution in [-0.2, 0) is 0 Å². The van der Waals surface area contributed by atoms with Crippen molar-refractivity contribution in [2.24, 2.45) is 0 Å². The molecule has 2 aromatic carbocycles. The quantitative estimate of drug-likeness (QED) is 0.502. The number of benzene rings is 2. The first-order valence-electron chi connectivity index (χ1n) is 5.60. The summed E-state index contributed by atoms with van der Waals surface area (Å²) in [6, 6.07) is 6.13. The maximum atomic E-state index is 12.2. The summed E-state index contributed by atoms with van der Waals surface area (Å²) in [5.41, 5.74) is -0.0893. The van der Waals surface area contributed by atoms with E-state index in [1.165, 1.54) is 25.3 Å². The molecule has 0 unspecified atom stereocenters. The number of carbonyl (C=O) groups excluding carboxylic acids is 1. The van der Waals surface area contributed by atoms with Crippen LogP contribution in [0.1, 0.15) is 15.9 Å². The molecule has 0 saturated heterocycles. The lowest BCUT2D eigenvalue weighted by Crippen LogP contribution is -2.02. The highest BCUT2D eigenvalue weighted by Crippen LogP contribution is 2.36. The molecule has 0 bridgehead atoms. The highest BCUT2D eigenvalue weighted by atomic mass is 16.5. The number of ketones is 1. The number of methoxy groups -OCH3 is 1. The predicted octanol–water partition coefficient (Wildman–Crippen LogP) is 1.75. The van der Waals surface area contributed by atoms with E-state index in [0.717, 1.165) is 12.1 Å². The third kappa shape index (κ3) is 2.31. The lowest BCUT2D eigenvalue weighted by Gasteiger charge is -2.08. The Morgan fingerprint density at radius 2 is 1.55 bits per heavy atom. The van der Waals surface area contributed by atoms with Crippen LogP contribution < -0.4 is 4.74 Å². The van der Waals surface area contributed by atoms with Crippen molar-refractivity contribution < 1.29 is 30.0 Å². The average Bonchev–Trinajstić information content (AvgIpc) is 2.43. The van der Waals surface area contributed by atoms with Crippen molar-refractivity contribution in [3.63, 3.8) is 0 Å². The van der Waals surface area contributed by atoms with Gasteiger partial charge in [-0.25, -0.2) is 0 Å². The normalized spacial score (nSPS) is 10.2. The van der Waals surface area contributed by atoms with Crippen LogP contribution in [0.15, 0.2) is 30.3 Å². The summed E-state index contributed by atoms with van der Waals surface area (Å²) in [6.07, 6.45) is 0. The van der Waals surface area contributed by atoms with E-state index < -0.39 is 23.0 Å². The van der Waals surface area contributed by atoms with E-state index in [9.17, 15) is 25.2 Å². The third-order valence-electron chi connectivity index (χ3n) is 2.78. The Labute approximate surface area is 114 Å². The second-order valence-electron chi connectivity index (χ2n) is 4.08. The van der Waals surface area contributed by atoms with Crippen molar-refractivity contribution >= 4 is 5.78 Å². The molecular weight excluding hydrogens is 264 g/mol. The predicted molar refractivity (Wildman–Crippen MR) is 69.5 cm³/mol. The van der Waals surface area contributed by atoms with Gasteiger partial charge in [0.15, 0.2) is 23.0 Å². The fraction of sp³-hybridized carbons (Fsp3) is 0.0714. The van der Waals surface area contributed by atoms with Crippen molar-refractivity contribution in [1.82, 2.24) is 0 Å². The molecule has 0 fully saturated rings. The van der Waals surface area contributed by atoms with Gasteiger partial charge in [-0.05, 0) is 24.3 Å². The van der Waals surface area contributed by atoms with Gasteiger partial charge in [0.25, 0.3) is 0 Å². The van der Waals surface area contributed by atoms with Crippen molar-refractivity contribution in [2.45, 2.75) is 0 Å². The Bertz CT molecular complexity index is 654. The van der Waals surface area contributed by atoms with Crippen LogP contribution in [0.3, 0.4) is 0 Å². The van der Waals surface area contributed by atoms with E-state index in [0.29, 0.717) is 5.75 Å². The van der Waals surface area contributed by atoms with Crippen LogP contribution in [0, 0.1) is 0 Å². The molecule has 2 aromatic rings. The molecular formula is C14H12O6. The zero-order valence-corrected chi connectivity index (χ0v) is 10.5. The van der Waals surface area contributed by atoms with E-state index in [1.54, 1.807) is 0 Å². The van der Waals surface area contributed by atoms with Gasteiger partial charge < -0.3 is 25.2 Å². The summed E-state index contributed by atoms with van der Waals surface area (Å²) in [5, 5.41) is 37.8. The van der Waals surface area contributed by atoms with Crippen LogP contribution in [-0.4, -0.2) is 33.3 Å². The highest BCUT2D eigenvalue weighted by molar-refractivity contribution is 6.11. The van der Waals surface area contributed by atoms with Gasteiger partial charge in [0.05, 0.1) is 12.7 Å². The van der Waals surface area contributed by atoms with E-state index in [2.05, 4.69) is 0 Å². The summed E-state index contributed by atoms with van der Waals surface area (Å²) in [4.78, 5) is 12.2. The van der Waals surface area contributed by atoms with Crippen molar-refractivity contribution in [3.8, 4) is 28.7 Å². The SMILES string of the molecule is COc1ccc(C(=O)c2cc(O)c(O)c(O)c2)c(O)c1. The van der Waals surface area contributed by atoms with Crippen LogP contribution in [0.4, 0.5) is 0 Å². The maximum Gasteiger partial charge on any atom is 0.200 e. The Balaban J connectivity index is 2.46. The lowest BCUT2D eigenvalue weighted by atomic mass is 10.0. The van der Waals surface area contributed by atoms with Gasteiger partial charge in [-0.3, -0.25) is 4.79 Å². The van der Waals surface area contributed by atoms with Crippen LogP contribution in [0.2, 0.25) is 0 Å². The maximum absolute atomic E-state index is 12.2. The molecule has 0 aliphatic carbocycles. The Hall–Kier alpha value is -2.89. The number of phenolic OH excluding ortho intramolecular Hbond substituents is 4. The number of ether oxygens (including phenoxy) is 1. The molecule has 6 nitrogen and oxygen atoms in total. The first-order valence-corrected chi connectivity index (χ1v) is 5.60. The largest absolute Gasteiger partial charge is 0.507 e. The molecule has 20 heavy (non-hydrogen) atoms. The van der Waals surface area contributed by atoms with E-state index in [1.807, 2.05) is 0 Å². The molecule has 0 radical (unpaired) electrons. The number of hydrogen-bond donors (Lipinski definition) is 4. The topological polar surface area (TPSA) is 107 Å². The van der Waals surface area contributed by atoms with Gasteiger partial charge in [-0.2, -0.15) is 0 Å². The zero-order valence-electron chi connectivity index (χ0n) is 10.5. The minimum Gasteiger partial charge on any atom is -0.507 e. The summed E-state index contributed by atoms with van der Waals surface area (Å²) in [6.45, 7) is 0. The van der Waals surface area contributed by atoms with Gasteiger partial charge in [-0.1, -0.05) is 0 Å². The van der Waals surface area contributed by atoms with Crippen LogP contribution in [0.5, 0.6) is 28.7 Å². The van der Waals surface area contributed by atoms with E-state index in [-0.39, 0.29) is 16.9 Å². The number of aromatic hydroxyl groups is 4. The standard InChI is InChI=1S/C14H12O6/c1-20-8-2-3-9(10(15)6-8)13(18)7-4-11(16)14(19)12(17)5-7/h2-6,15-17,19H,1H3. The molecule has 6 heteroatoms. The molecule has 0 aliphatic heterocycles. The van der Waals surface area contributed by atoms with E-state index in [4.69, 9.17) is 4.74 Å². The molecule has 0 spiro atoms. The second kappa shape index (κ2) is 5.00.